The van der Waals surface area contributed by atoms with Crippen LogP contribution in [0.1, 0.15) is 75.2 Å². The molecule has 1 aliphatic heterocycles. The molecule has 119 valence electrons. The van der Waals surface area contributed by atoms with Gasteiger partial charge in [0, 0.05) is 0 Å². The molecule has 1 heterocycles. The van der Waals surface area contributed by atoms with E-state index in [1.165, 1.54) is 0 Å². The van der Waals surface area contributed by atoms with Gasteiger partial charge in [-0.15, -0.1) is 0 Å². The summed E-state index contributed by atoms with van der Waals surface area (Å²) in [6.45, 7) is 17.5. The van der Waals surface area contributed by atoms with Crippen molar-refractivity contribution in [2.75, 3.05) is 0 Å². The molecule has 1 rings (SSSR count). The smallest absolute Gasteiger partial charge is 0.439 e. The van der Waals surface area contributed by atoms with Crippen molar-refractivity contribution in [3.8, 4) is 0 Å². The van der Waals surface area contributed by atoms with Crippen LogP contribution in [0.15, 0.2) is 0 Å². The van der Waals surface area contributed by atoms with Crippen molar-refractivity contribution in [3.63, 3.8) is 0 Å². The maximum atomic E-state index is 8.83. The standard InChI is InChI=1S/C7H15B2O3.C5H12O.C2H6/c1-5-7(4)6(2,3)11-9(8-10)12-7;1-4-5(2,3)6;1-2/h10H,5H2,1-4H3;6H,4H2,1-3H3;1-2H3. The molecule has 1 saturated heterocycles. The average Bonchev–Trinajstić information content (AvgIpc) is 2.63. The van der Waals surface area contributed by atoms with Crippen molar-refractivity contribution in [2.24, 2.45) is 0 Å². The fraction of sp³-hybridized carbons (Fsp3) is 1.00. The third-order valence-corrected chi connectivity index (χ3v) is 3.72. The van der Waals surface area contributed by atoms with E-state index in [1.807, 2.05) is 48.5 Å². The second kappa shape index (κ2) is 9.08. The van der Waals surface area contributed by atoms with Gasteiger partial charge in [-0.3, -0.25) is 0 Å². The minimum atomic E-state index is -0.579. The highest BCUT2D eigenvalue weighted by Gasteiger charge is 2.52. The molecule has 6 heteroatoms. The first-order chi connectivity index (χ1) is 9.01. The quantitative estimate of drug-likeness (QED) is 0.784. The topological polar surface area (TPSA) is 58.9 Å². The lowest BCUT2D eigenvalue weighted by molar-refractivity contribution is -0.0118. The highest BCUT2D eigenvalue weighted by Crippen LogP contribution is 2.38. The fourth-order valence-electron chi connectivity index (χ4n) is 1.41. The molecule has 0 spiro atoms. The van der Waals surface area contributed by atoms with Gasteiger partial charge in [0.05, 0.1) is 16.8 Å². The molecule has 0 aromatic carbocycles. The third kappa shape index (κ3) is 7.11. The summed E-state index contributed by atoms with van der Waals surface area (Å²) < 4.78 is 11.0. The van der Waals surface area contributed by atoms with Crippen molar-refractivity contribution >= 4 is 14.4 Å². The lowest BCUT2D eigenvalue weighted by atomic mass is 9.57. The van der Waals surface area contributed by atoms with Gasteiger partial charge in [-0.25, -0.2) is 0 Å². The molecule has 0 aromatic rings. The first-order valence-electron chi connectivity index (χ1n) is 7.57. The highest BCUT2D eigenvalue weighted by molar-refractivity contribution is 7.02. The van der Waals surface area contributed by atoms with Gasteiger partial charge in [0.2, 0.25) is 0 Å². The zero-order valence-electron chi connectivity index (χ0n) is 14.8. The Balaban J connectivity index is 0. The van der Waals surface area contributed by atoms with E-state index in [-0.39, 0.29) is 11.2 Å². The van der Waals surface area contributed by atoms with E-state index in [2.05, 4.69) is 0 Å². The molecule has 0 aromatic heterocycles. The summed E-state index contributed by atoms with van der Waals surface area (Å²) in [7, 11) is 0.368. The molecule has 0 saturated carbocycles. The molecule has 4 nitrogen and oxygen atoms in total. The van der Waals surface area contributed by atoms with Crippen LogP contribution in [0.2, 0.25) is 0 Å². The lowest BCUT2D eigenvalue weighted by Gasteiger charge is -2.35. The minimum absolute atomic E-state index is 0.309. The molecule has 1 fully saturated rings. The Morgan fingerprint density at radius 1 is 1.10 bits per heavy atom. The molecular weight excluding hydrogens is 254 g/mol. The molecule has 1 radical (unpaired) electrons. The maximum Gasteiger partial charge on any atom is 0.439 e. The number of hydrogen-bond acceptors (Lipinski definition) is 4. The van der Waals surface area contributed by atoms with Crippen LogP contribution in [0.4, 0.5) is 0 Å². The summed E-state index contributed by atoms with van der Waals surface area (Å²) in [6.07, 6.45) is 1.69. The van der Waals surface area contributed by atoms with Gasteiger partial charge in [0.25, 0.3) is 0 Å². The zero-order valence-corrected chi connectivity index (χ0v) is 14.8. The largest absolute Gasteiger partial charge is 0.458 e. The van der Waals surface area contributed by atoms with Crippen LogP contribution in [-0.2, 0) is 9.31 Å². The van der Waals surface area contributed by atoms with Crippen molar-refractivity contribution in [1.82, 2.24) is 0 Å². The van der Waals surface area contributed by atoms with Crippen LogP contribution < -0.4 is 0 Å². The summed E-state index contributed by atoms with van der Waals surface area (Å²) in [6, 6.07) is 0. The Kier molecular flexibility index (Phi) is 10.1. The Morgan fingerprint density at radius 3 is 1.65 bits per heavy atom. The van der Waals surface area contributed by atoms with Crippen molar-refractivity contribution < 1.29 is 19.4 Å². The van der Waals surface area contributed by atoms with Crippen LogP contribution in [0.25, 0.3) is 0 Å². The van der Waals surface area contributed by atoms with Gasteiger partial charge >= 0.3 is 14.4 Å². The van der Waals surface area contributed by atoms with E-state index >= 15 is 0 Å². The first-order valence-corrected chi connectivity index (χ1v) is 7.57. The van der Waals surface area contributed by atoms with E-state index in [0.29, 0.717) is 0 Å². The van der Waals surface area contributed by atoms with Crippen LogP contribution in [0, 0.1) is 0 Å². The zero-order chi connectivity index (χ0) is 16.6. The molecule has 0 bridgehead atoms. The second-order valence-corrected chi connectivity index (χ2v) is 6.01. The summed E-state index contributed by atoms with van der Waals surface area (Å²) in [5, 5.41) is 17.6. The third-order valence-electron chi connectivity index (χ3n) is 3.72. The van der Waals surface area contributed by atoms with Gasteiger partial charge < -0.3 is 19.4 Å². The number of aliphatic hydroxyl groups is 1. The van der Waals surface area contributed by atoms with Gasteiger partial charge in [-0.05, 0) is 47.5 Å². The predicted molar refractivity (Wildman–Crippen MR) is 86.6 cm³/mol. The maximum absolute atomic E-state index is 8.83. The van der Waals surface area contributed by atoms with Gasteiger partial charge in [0.15, 0.2) is 0 Å². The molecular formula is C14H33B2O4. The van der Waals surface area contributed by atoms with Gasteiger partial charge in [-0.1, -0.05) is 27.7 Å². The summed E-state index contributed by atoms with van der Waals surface area (Å²) in [4.78, 5) is 0. The average molecular weight is 287 g/mol. The normalized spacial score (nSPS) is 24.2. The summed E-state index contributed by atoms with van der Waals surface area (Å²) in [5.74, 6) is 0. The van der Waals surface area contributed by atoms with E-state index in [4.69, 9.17) is 19.4 Å². The van der Waals surface area contributed by atoms with Crippen molar-refractivity contribution in [2.45, 2.75) is 92.0 Å². The summed E-state index contributed by atoms with van der Waals surface area (Å²) in [5.41, 5.74) is -1.11. The molecule has 20 heavy (non-hydrogen) atoms. The molecule has 0 aliphatic carbocycles. The summed E-state index contributed by atoms with van der Waals surface area (Å²) >= 11 is 0. The van der Waals surface area contributed by atoms with Crippen LogP contribution in [0.5, 0.6) is 0 Å². The minimum Gasteiger partial charge on any atom is -0.458 e. The van der Waals surface area contributed by atoms with Crippen molar-refractivity contribution in [3.05, 3.63) is 0 Å². The number of rotatable bonds is 3. The Hall–Kier alpha value is -0.0301. The SMILES string of the molecule is CC.CCC(C)(C)O.CCC1(C)OB([B]O)OC1(C)C. The van der Waals surface area contributed by atoms with Gasteiger partial charge in [0.1, 0.15) is 0 Å². The Labute approximate surface area is 126 Å². The van der Waals surface area contributed by atoms with E-state index in [0.717, 1.165) is 20.2 Å². The fourth-order valence-corrected chi connectivity index (χ4v) is 1.41. The van der Waals surface area contributed by atoms with E-state index < -0.39 is 12.6 Å². The Morgan fingerprint density at radius 2 is 1.50 bits per heavy atom. The molecule has 1 atom stereocenters. The molecule has 2 N–H and O–H groups in total. The van der Waals surface area contributed by atoms with Crippen LogP contribution >= 0.6 is 0 Å². The van der Waals surface area contributed by atoms with E-state index in [9.17, 15) is 0 Å². The second-order valence-electron chi connectivity index (χ2n) is 6.01. The van der Waals surface area contributed by atoms with Crippen molar-refractivity contribution in [1.29, 1.82) is 0 Å². The molecule has 1 unspecified atom stereocenters. The highest BCUT2D eigenvalue weighted by atomic mass is 16.7. The number of hydrogen-bond donors (Lipinski definition) is 2. The first kappa shape index (κ1) is 22.3. The monoisotopic (exact) mass is 287 g/mol. The van der Waals surface area contributed by atoms with Gasteiger partial charge in [-0.2, -0.15) is 0 Å². The predicted octanol–water partition coefficient (Wildman–Crippen LogP) is 2.77. The lowest BCUT2D eigenvalue weighted by Crippen LogP contribution is -2.44. The Bertz CT molecular complexity index is 254. The van der Waals surface area contributed by atoms with Crippen LogP contribution in [0.3, 0.4) is 0 Å². The molecule has 1 aliphatic rings. The van der Waals surface area contributed by atoms with Crippen LogP contribution in [-0.4, -0.2) is 41.3 Å². The molecule has 0 amide bonds. The van der Waals surface area contributed by atoms with E-state index in [1.54, 1.807) is 13.8 Å².